The first kappa shape index (κ1) is 49.5. The summed E-state index contributed by atoms with van der Waals surface area (Å²) in [4.78, 5) is 28.4. The highest BCUT2D eigenvalue weighted by Crippen LogP contribution is 2.46. The molecule has 364 valence electrons. The summed E-state index contributed by atoms with van der Waals surface area (Å²) in [5.41, 5.74) is 14.4. The minimum absolute atomic E-state index is 0.0739. The molecule has 5 nitrogen and oxygen atoms in total. The first-order chi connectivity index (χ1) is 34.8. The van der Waals surface area contributed by atoms with Crippen molar-refractivity contribution in [1.82, 2.24) is 0 Å². The van der Waals surface area contributed by atoms with Crippen LogP contribution >= 0.6 is 0 Å². The van der Waals surface area contributed by atoms with E-state index in [2.05, 4.69) is 171 Å². The molecule has 5 heteroatoms. The minimum Gasteiger partial charge on any atom is -0.497 e. The van der Waals surface area contributed by atoms with Crippen LogP contribution in [0.2, 0.25) is 0 Å². The second kappa shape index (κ2) is 21.5. The van der Waals surface area contributed by atoms with Crippen LogP contribution in [0.4, 0.5) is 17.1 Å². The zero-order valence-corrected chi connectivity index (χ0v) is 43.0. The van der Waals surface area contributed by atoms with Crippen LogP contribution in [-0.2, 0) is 11.8 Å². The highest BCUT2D eigenvalue weighted by molar-refractivity contribution is 6.02. The van der Waals surface area contributed by atoms with Crippen molar-refractivity contribution in [1.29, 1.82) is 0 Å². The van der Waals surface area contributed by atoms with E-state index in [1.54, 1.807) is 14.0 Å². The molecular formula is C67H67NO4. The number of rotatable bonds is 17. The van der Waals surface area contributed by atoms with Crippen molar-refractivity contribution in [3.63, 3.8) is 0 Å². The van der Waals surface area contributed by atoms with Gasteiger partial charge in [-0.1, -0.05) is 173 Å². The van der Waals surface area contributed by atoms with Crippen LogP contribution in [0, 0.1) is 0 Å². The van der Waals surface area contributed by atoms with Gasteiger partial charge in [-0.05, 0) is 151 Å². The molecule has 1 saturated carbocycles. The van der Waals surface area contributed by atoms with Crippen LogP contribution in [0.5, 0.6) is 11.5 Å². The van der Waals surface area contributed by atoms with Crippen LogP contribution in [0.1, 0.15) is 145 Å². The first-order valence-corrected chi connectivity index (χ1v) is 25.7. The molecule has 72 heavy (non-hydrogen) atoms. The van der Waals surface area contributed by atoms with E-state index < -0.39 is 5.60 Å². The maximum absolute atomic E-state index is 14.1. The summed E-state index contributed by atoms with van der Waals surface area (Å²) in [6, 6.07) is 68.3. The molecule has 2 unspecified atom stereocenters. The highest BCUT2D eigenvalue weighted by atomic mass is 16.5. The monoisotopic (exact) mass is 950 g/mol. The number of carbonyl (C=O) groups excluding carboxylic acids is 2. The second-order valence-corrected chi connectivity index (χ2v) is 20.2. The lowest BCUT2D eigenvalue weighted by molar-refractivity contribution is 0.0584. The summed E-state index contributed by atoms with van der Waals surface area (Å²) >= 11 is 0. The van der Waals surface area contributed by atoms with Gasteiger partial charge in [-0.25, -0.2) is 0 Å². The van der Waals surface area contributed by atoms with Gasteiger partial charge in [0.05, 0.1) is 7.11 Å². The van der Waals surface area contributed by atoms with Gasteiger partial charge in [-0.3, -0.25) is 9.59 Å². The predicted octanol–water partition coefficient (Wildman–Crippen LogP) is 17.2. The molecule has 8 aromatic rings. The summed E-state index contributed by atoms with van der Waals surface area (Å²) in [5, 5.41) is 0. The molecule has 8 aromatic carbocycles. The number of ether oxygens (including phenoxy) is 2. The van der Waals surface area contributed by atoms with Gasteiger partial charge in [0, 0.05) is 45.4 Å². The molecule has 0 bridgehead atoms. The smallest absolute Gasteiger partial charge is 0.205 e. The van der Waals surface area contributed by atoms with Gasteiger partial charge >= 0.3 is 0 Å². The van der Waals surface area contributed by atoms with Gasteiger partial charge in [0.2, 0.25) is 5.78 Å². The van der Waals surface area contributed by atoms with E-state index in [9.17, 15) is 9.59 Å². The van der Waals surface area contributed by atoms with Crippen molar-refractivity contribution in [3.05, 3.63) is 244 Å². The number of aryl methyl sites for hydroxylation is 1. The predicted molar refractivity (Wildman–Crippen MR) is 296 cm³/mol. The number of ketones is 2. The highest BCUT2D eigenvalue weighted by Gasteiger charge is 2.36. The van der Waals surface area contributed by atoms with E-state index in [1.165, 1.54) is 50.9 Å². The van der Waals surface area contributed by atoms with Crippen LogP contribution in [0.25, 0.3) is 11.1 Å². The normalized spacial score (nSPS) is 14.2. The Morgan fingerprint density at radius 3 is 1.35 bits per heavy atom. The SMILES string of the molecule is CCc1ccc(-c2ccc(N(c3ccc(C(C)c4ccc(OC)cc4)cc3)c3ccc(C(C)c4ccc(C(=O)C(C)(C)Oc5ccc(C6(c7ccc(C(C)=O)cc7)CCCCC6)cc5)cc4)cc3)cc2)cc1. The molecule has 0 aromatic heterocycles. The lowest BCUT2D eigenvalue weighted by atomic mass is 9.65. The van der Waals surface area contributed by atoms with Crippen molar-refractivity contribution in [2.75, 3.05) is 12.0 Å². The molecule has 2 atom stereocenters. The van der Waals surface area contributed by atoms with Crippen LogP contribution < -0.4 is 14.4 Å². The minimum atomic E-state index is -1.09. The molecular weight excluding hydrogens is 883 g/mol. The third-order valence-electron chi connectivity index (χ3n) is 15.3. The number of nitrogens with zero attached hydrogens (tertiary/aromatic N) is 1. The molecule has 0 radical (unpaired) electrons. The molecule has 0 aliphatic heterocycles. The van der Waals surface area contributed by atoms with Gasteiger partial charge < -0.3 is 14.4 Å². The van der Waals surface area contributed by atoms with Gasteiger partial charge in [-0.15, -0.1) is 0 Å². The summed E-state index contributed by atoms with van der Waals surface area (Å²) in [6.07, 6.45) is 6.68. The fourth-order valence-electron chi connectivity index (χ4n) is 10.7. The van der Waals surface area contributed by atoms with Crippen molar-refractivity contribution in [2.24, 2.45) is 0 Å². The number of hydrogen-bond donors (Lipinski definition) is 0. The standard InChI is InChI=1S/C67H67NO4/c1-8-49-12-14-55(15-13-49)56-26-38-62(39-27-56)68(61-36-24-52(25-37-61)47(3)53-28-40-63(71-7)41-29-53)60-34-22-51(23-35-60)46(2)50-16-18-57(19-17-50)65(70)66(5,6)72-64-42-32-59(33-43-64)67(44-10-9-11-45-67)58-30-20-54(21-31-58)48(4)69/h12-43,46-47H,8-11,44-45H2,1-7H3. The molecule has 0 heterocycles. The van der Waals surface area contributed by atoms with Crippen molar-refractivity contribution in [2.45, 2.75) is 103 Å². The van der Waals surface area contributed by atoms with Crippen molar-refractivity contribution in [3.8, 4) is 22.6 Å². The Hall–Kier alpha value is -7.50. The zero-order chi connectivity index (χ0) is 50.4. The van der Waals surface area contributed by atoms with E-state index in [0.717, 1.165) is 66.0 Å². The molecule has 9 rings (SSSR count). The average Bonchev–Trinajstić information content (AvgIpc) is 3.43. The summed E-state index contributed by atoms with van der Waals surface area (Å²) < 4.78 is 11.9. The quantitative estimate of drug-likeness (QED) is 0.0851. The average molecular weight is 950 g/mol. The second-order valence-electron chi connectivity index (χ2n) is 20.2. The lowest BCUT2D eigenvalue weighted by Crippen LogP contribution is -2.38. The van der Waals surface area contributed by atoms with Crippen LogP contribution in [0.3, 0.4) is 0 Å². The summed E-state index contributed by atoms with van der Waals surface area (Å²) in [5.74, 6) is 1.84. The first-order valence-electron chi connectivity index (χ1n) is 25.7. The Balaban J connectivity index is 0.906. The molecule has 1 fully saturated rings. The van der Waals surface area contributed by atoms with E-state index >= 15 is 0 Å². The number of anilines is 3. The molecule has 0 saturated heterocycles. The van der Waals surface area contributed by atoms with E-state index in [4.69, 9.17) is 9.47 Å². The molecule has 1 aliphatic rings. The molecule has 1 aliphatic carbocycles. The Kier molecular flexibility index (Phi) is 14.8. The topological polar surface area (TPSA) is 55.8 Å². The lowest BCUT2D eigenvalue weighted by Gasteiger charge is -2.39. The van der Waals surface area contributed by atoms with E-state index in [-0.39, 0.29) is 28.8 Å². The van der Waals surface area contributed by atoms with Gasteiger partial charge in [0.15, 0.2) is 11.4 Å². The van der Waals surface area contributed by atoms with E-state index in [0.29, 0.717) is 11.3 Å². The molecule has 0 N–H and O–H groups in total. The summed E-state index contributed by atoms with van der Waals surface area (Å²) in [6.45, 7) is 12.0. The van der Waals surface area contributed by atoms with Gasteiger partial charge in [-0.2, -0.15) is 0 Å². The molecule has 0 amide bonds. The number of carbonyl (C=O) groups is 2. The van der Waals surface area contributed by atoms with Gasteiger partial charge in [0.25, 0.3) is 0 Å². The van der Waals surface area contributed by atoms with Crippen molar-refractivity contribution >= 4 is 28.6 Å². The van der Waals surface area contributed by atoms with Crippen LogP contribution in [0.15, 0.2) is 194 Å². The maximum atomic E-state index is 14.1. The van der Waals surface area contributed by atoms with Gasteiger partial charge in [0.1, 0.15) is 11.5 Å². The van der Waals surface area contributed by atoms with Crippen molar-refractivity contribution < 1.29 is 19.1 Å². The Bertz CT molecular complexity index is 3070. The number of benzene rings is 8. The largest absolute Gasteiger partial charge is 0.497 e. The van der Waals surface area contributed by atoms with Crippen LogP contribution in [-0.4, -0.2) is 24.3 Å². The summed E-state index contributed by atoms with van der Waals surface area (Å²) in [7, 11) is 1.70. The fourth-order valence-corrected chi connectivity index (χ4v) is 10.7. The maximum Gasteiger partial charge on any atom is 0.205 e. The number of hydrogen-bond acceptors (Lipinski definition) is 5. The third kappa shape index (κ3) is 10.6. The Morgan fingerprint density at radius 2 is 0.903 bits per heavy atom. The molecule has 0 spiro atoms. The number of methoxy groups -OCH3 is 1. The van der Waals surface area contributed by atoms with E-state index in [1.807, 2.05) is 62.4 Å². The zero-order valence-electron chi connectivity index (χ0n) is 43.0. The Morgan fingerprint density at radius 1 is 0.514 bits per heavy atom. The third-order valence-corrected chi connectivity index (χ3v) is 15.3. The Labute approximate surface area is 427 Å². The fraction of sp³-hybridized carbons (Fsp3) is 0.254. The number of Topliss-reactive ketones (excluding diaryl/α,β-unsaturated/α-hetero) is 2.